The normalized spacial score (nSPS) is 17.9. The number of rotatable bonds is 6. The van der Waals surface area contributed by atoms with Crippen LogP contribution in [0.25, 0.3) is 17.2 Å². The van der Waals surface area contributed by atoms with Gasteiger partial charge in [-0.2, -0.15) is 0 Å². The standard InChI is InChI=1S/C23H28N8O/c1-2-31-22-20(26-27-31)21(24-17-25-22)30-15-19(16-30)23(32)29-13-11-28(12-14-29)10-6-9-18-7-4-3-5-8-18/h3-9,17,19H,2,10-16H2,1H3/b9-6+. The average Bonchev–Trinajstić information content (AvgIpc) is 3.23. The Morgan fingerprint density at radius 1 is 1.09 bits per heavy atom. The fraction of sp³-hybridized carbons (Fsp3) is 0.435. The molecule has 0 saturated carbocycles. The number of hydrogen-bond donors (Lipinski definition) is 0. The lowest BCUT2D eigenvalue weighted by atomic mass is 9.98. The van der Waals surface area contributed by atoms with E-state index in [4.69, 9.17) is 0 Å². The Bertz CT molecular complexity index is 1100. The summed E-state index contributed by atoms with van der Waals surface area (Å²) in [5, 5.41) is 8.39. The highest BCUT2D eigenvalue weighted by Gasteiger charge is 2.38. The second-order valence-electron chi connectivity index (χ2n) is 8.32. The quantitative estimate of drug-likeness (QED) is 0.584. The molecule has 3 aromatic rings. The molecule has 0 bridgehead atoms. The van der Waals surface area contributed by atoms with Crippen LogP contribution in [0.5, 0.6) is 0 Å². The van der Waals surface area contributed by atoms with Crippen LogP contribution in [0, 0.1) is 5.92 Å². The van der Waals surface area contributed by atoms with E-state index in [2.05, 4.69) is 54.4 Å². The van der Waals surface area contributed by atoms with Crippen molar-refractivity contribution in [3.63, 3.8) is 0 Å². The van der Waals surface area contributed by atoms with Crippen molar-refractivity contribution < 1.29 is 4.79 Å². The molecule has 9 nitrogen and oxygen atoms in total. The highest BCUT2D eigenvalue weighted by Crippen LogP contribution is 2.28. The summed E-state index contributed by atoms with van der Waals surface area (Å²) < 4.78 is 1.76. The highest BCUT2D eigenvalue weighted by molar-refractivity contribution is 5.86. The lowest BCUT2D eigenvalue weighted by Gasteiger charge is -2.43. The summed E-state index contributed by atoms with van der Waals surface area (Å²) in [5.41, 5.74) is 2.66. The van der Waals surface area contributed by atoms with Gasteiger partial charge in [0.25, 0.3) is 0 Å². The lowest BCUT2D eigenvalue weighted by molar-refractivity contribution is -0.138. The summed E-state index contributed by atoms with van der Waals surface area (Å²) in [4.78, 5) is 28.2. The number of fused-ring (bicyclic) bond motifs is 1. The summed E-state index contributed by atoms with van der Waals surface area (Å²) in [5.74, 6) is 1.04. The molecule has 2 fully saturated rings. The Morgan fingerprint density at radius 3 is 2.62 bits per heavy atom. The molecule has 1 amide bonds. The molecule has 0 atom stereocenters. The van der Waals surface area contributed by atoms with Crippen molar-refractivity contribution in [1.29, 1.82) is 0 Å². The van der Waals surface area contributed by atoms with E-state index >= 15 is 0 Å². The van der Waals surface area contributed by atoms with E-state index in [-0.39, 0.29) is 11.8 Å². The van der Waals surface area contributed by atoms with Gasteiger partial charge in [0.1, 0.15) is 6.33 Å². The molecular weight excluding hydrogens is 404 g/mol. The van der Waals surface area contributed by atoms with Crippen LogP contribution in [0.4, 0.5) is 5.82 Å². The maximum absolute atomic E-state index is 13.0. The average molecular weight is 433 g/mol. The van der Waals surface area contributed by atoms with Crippen LogP contribution in [-0.4, -0.2) is 86.5 Å². The molecule has 0 N–H and O–H groups in total. The van der Waals surface area contributed by atoms with Gasteiger partial charge in [-0.25, -0.2) is 14.6 Å². The van der Waals surface area contributed by atoms with Crippen LogP contribution < -0.4 is 4.90 Å². The highest BCUT2D eigenvalue weighted by atomic mass is 16.2. The molecule has 2 aliphatic heterocycles. The van der Waals surface area contributed by atoms with Gasteiger partial charge in [0.2, 0.25) is 5.91 Å². The second-order valence-corrected chi connectivity index (χ2v) is 8.32. The fourth-order valence-electron chi connectivity index (χ4n) is 4.34. The third-order valence-corrected chi connectivity index (χ3v) is 6.27. The second kappa shape index (κ2) is 9.04. The number of nitrogens with zero attached hydrogens (tertiary/aromatic N) is 8. The van der Waals surface area contributed by atoms with E-state index in [1.54, 1.807) is 11.0 Å². The monoisotopic (exact) mass is 432 g/mol. The topological polar surface area (TPSA) is 83.3 Å². The third-order valence-electron chi connectivity index (χ3n) is 6.27. The Kier molecular flexibility index (Phi) is 5.81. The van der Waals surface area contributed by atoms with Crippen LogP contribution in [-0.2, 0) is 11.3 Å². The van der Waals surface area contributed by atoms with Crippen molar-refractivity contribution in [3.05, 3.63) is 48.3 Å². The Labute approximate surface area is 187 Å². The van der Waals surface area contributed by atoms with Crippen molar-refractivity contribution in [1.82, 2.24) is 34.8 Å². The number of amides is 1. The number of carbonyl (C=O) groups excluding carboxylic acids is 1. The first kappa shape index (κ1) is 20.6. The smallest absolute Gasteiger partial charge is 0.229 e. The molecule has 0 aliphatic carbocycles. The third kappa shape index (κ3) is 4.08. The van der Waals surface area contributed by atoms with Crippen molar-refractivity contribution >= 4 is 29.0 Å². The Balaban J connectivity index is 1.11. The zero-order chi connectivity index (χ0) is 21.9. The molecule has 5 rings (SSSR count). The number of aromatic nitrogens is 5. The lowest BCUT2D eigenvalue weighted by Crippen LogP contribution is -2.58. The largest absolute Gasteiger partial charge is 0.353 e. The summed E-state index contributed by atoms with van der Waals surface area (Å²) in [7, 11) is 0. The first-order valence-electron chi connectivity index (χ1n) is 11.2. The number of piperazine rings is 1. The maximum atomic E-state index is 13.0. The van der Waals surface area contributed by atoms with Crippen molar-refractivity contribution in [2.45, 2.75) is 13.5 Å². The molecule has 0 unspecified atom stereocenters. The number of hydrogen-bond acceptors (Lipinski definition) is 7. The zero-order valence-electron chi connectivity index (χ0n) is 18.3. The predicted molar refractivity (Wildman–Crippen MR) is 123 cm³/mol. The van der Waals surface area contributed by atoms with E-state index in [1.807, 2.05) is 30.0 Å². The first-order valence-corrected chi connectivity index (χ1v) is 11.2. The molecule has 2 aromatic heterocycles. The van der Waals surface area contributed by atoms with Crippen LogP contribution in [0.15, 0.2) is 42.7 Å². The maximum Gasteiger partial charge on any atom is 0.229 e. The molecule has 9 heteroatoms. The van der Waals surface area contributed by atoms with Gasteiger partial charge in [-0.05, 0) is 12.5 Å². The van der Waals surface area contributed by atoms with Gasteiger partial charge in [-0.3, -0.25) is 9.69 Å². The van der Waals surface area contributed by atoms with E-state index in [9.17, 15) is 4.79 Å². The van der Waals surface area contributed by atoms with Crippen LogP contribution in [0.2, 0.25) is 0 Å². The molecule has 2 saturated heterocycles. The van der Waals surface area contributed by atoms with Crippen LogP contribution in [0.3, 0.4) is 0 Å². The van der Waals surface area contributed by atoms with E-state index < -0.39 is 0 Å². The number of anilines is 1. The first-order chi connectivity index (χ1) is 15.7. The zero-order valence-corrected chi connectivity index (χ0v) is 18.3. The number of aryl methyl sites for hydroxylation is 1. The van der Waals surface area contributed by atoms with Crippen LogP contribution >= 0.6 is 0 Å². The van der Waals surface area contributed by atoms with Crippen molar-refractivity contribution in [2.24, 2.45) is 5.92 Å². The minimum atomic E-state index is 0.0192. The molecule has 1 aromatic carbocycles. The van der Waals surface area contributed by atoms with Gasteiger partial charge in [0, 0.05) is 52.4 Å². The molecular formula is C23H28N8O. The molecule has 32 heavy (non-hydrogen) atoms. The molecule has 2 aliphatic rings. The minimum Gasteiger partial charge on any atom is -0.353 e. The molecule has 166 valence electrons. The van der Waals surface area contributed by atoms with Gasteiger partial charge in [-0.15, -0.1) is 5.10 Å². The van der Waals surface area contributed by atoms with Crippen molar-refractivity contribution in [3.8, 4) is 0 Å². The summed E-state index contributed by atoms with van der Waals surface area (Å²) in [6.07, 6.45) is 5.91. The van der Waals surface area contributed by atoms with Gasteiger partial charge in [0.15, 0.2) is 17.0 Å². The predicted octanol–water partition coefficient (Wildman–Crippen LogP) is 1.53. The molecule has 0 spiro atoms. The molecule has 4 heterocycles. The van der Waals surface area contributed by atoms with Gasteiger partial charge in [-0.1, -0.05) is 47.7 Å². The van der Waals surface area contributed by atoms with Crippen LogP contribution in [0.1, 0.15) is 12.5 Å². The van der Waals surface area contributed by atoms with Gasteiger partial charge in [0.05, 0.1) is 5.92 Å². The number of benzene rings is 1. The summed E-state index contributed by atoms with van der Waals surface area (Å²) >= 11 is 0. The van der Waals surface area contributed by atoms with E-state index in [1.165, 1.54) is 5.56 Å². The van der Waals surface area contributed by atoms with E-state index in [0.717, 1.165) is 44.2 Å². The Morgan fingerprint density at radius 2 is 1.88 bits per heavy atom. The van der Waals surface area contributed by atoms with Gasteiger partial charge < -0.3 is 9.80 Å². The minimum absolute atomic E-state index is 0.0192. The number of carbonyl (C=O) groups is 1. The molecule has 0 radical (unpaired) electrons. The van der Waals surface area contributed by atoms with E-state index in [0.29, 0.717) is 25.2 Å². The Hall–Kier alpha value is -3.33. The van der Waals surface area contributed by atoms with Gasteiger partial charge >= 0.3 is 0 Å². The fourth-order valence-corrected chi connectivity index (χ4v) is 4.34. The van der Waals surface area contributed by atoms with Crippen molar-refractivity contribution in [2.75, 3.05) is 50.7 Å². The summed E-state index contributed by atoms with van der Waals surface area (Å²) in [6, 6.07) is 10.3. The summed E-state index contributed by atoms with van der Waals surface area (Å²) in [6.45, 7) is 8.37. The SMILES string of the molecule is CCn1nnc2c(N3CC(C(=O)N4CCN(C/C=C/c5ccccc5)CC4)C3)ncnc21.